The van der Waals surface area contributed by atoms with E-state index in [9.17, 15) is 8.42 Å². The average Bonchev–Trinajstić information content (AvgIpc) is 2.98. The third kappa shape index (κ3) is 3.04. The van der Waals surface area contributed by atoms with E-state index in [0.717, 1.165) is 4.88 Å². The number of rotatable bonds is 6. The molecule has 0 aromatic carbocycles. The minimum Gasteiger partial charge on any atom is -0.383 e. The van der Waals surface area contributed by atoms with Crippen LogP contribution < -0.4 is 5.73 Å². The van der Waals surface area contributed by atoms with Gasteiger partial charge in [-0.3, -0.25) is 5.10 Å². The molecule has 0 amide bonds. The van der Waals surface area contributed by atoms with Crippen LogP contribution in [0.15, 0.2) is 35.9 Å². The molecule has 108 valence electrons. The molecule has 0 atom stereocenters. The summed E-state index contributed by atoms with van der Waals surface area (Å²) in [6.07, 6.45) is 2.71. The maximum Gasteiger partial charge on any atom is 0.248 e. The number of nitrogens with one attached hydrogen (secondary N) is 1. The topological polar surface area (TPSA) is 92.1 Å². The second-order valence-electron chi connectivity index (χ2n) is 3.94. The average molecular weight is 333 g/mol. The highest BCUT2D eigenvalue weighted by molar-refractivity contribution is 7.89. The second kappa shape index (κ2) is 5.96. The summed E-state index contributed by atoms with van der Waals surface area (Å²) in [6, 6.07) is 3.52. The molecule has 0 aliphatic carbocycles. The number of hydrogen-bond donors (Lipinski definition) is 2. The molecule has 0 saturated carbocycles. The molecule has 9 heteroatoms. The molecule has 0 aliphatic heterocycles. The second-order valence-corrected chi connectivity index (χ2v) is 7.65. The first-order chi connectivity index (χ1) is 9.45. The Morgan fingerprint density at radius 2 is 2.30 bits per heavy atom. The summed E-state index contributed by atoms with van der Waals surface area (Å²) in [4.78, 5) is 0.796. The van der Waals surface area contributed by atoms with E-state index in [2.05, 4.69) is 16.8 Å². The van der Waals surface area contributed by atoms with Crippen LogP contribution in [0.4, 0.5) is 5.82 Å². The first-order valence-corrected chi connectivity index (χ1v) is 8.22. The summed E-state index contributed by atoms with van der Waals surface area (Å²) in [5.41, 5.74) is 5.59. The number of anilines is 1. The quantitative estimate of drug-likeness (QED) is 0.792. The van der Waals surface area contributed by atoms with Crippen LogP contribution in [0.1, 0.15) is 4.88 Å². The molecule has 0 spiro atoms. The van der Waals surface area contributed by atoms with E-state index < -0.39 is 10.0 Å². The number of nitrogen functional groups attached to an aromatic ring is 1. The Labute approximate surface area is 125 Å². The molecule has 2 rings (SSSR count). The zero-order valence-electron chi connectivity index (χ0n) is 10.4. The summed E-state index contributed by atoms with van der Waals surface area (Å²) in [5.74, 6) is 0.0169. The Bertz CT molecular complexity index is 708. The van der Waals surface area contributed by atoms with Gasteiger partial charge in [0.25, 0.3) is 0 Å². The molecule has 0 bridgehead atoms. The van der Waals surface area contributed by atoms with Crippen molar-refractivity contribution >= 4 is 38.8 Å². The summed E-state index contributed by atoms with van der Waals surface area (Å²) < 4.78 is 26.9. The third-order valence-corrected chi connectivity index (χ3v) is 5.60. The fraction of sp³-hybridized carbons (Fsp3) is 0.182. The molecule has 0 unspecified atom stereocenters. The van der Waals surface area contributed by atoms with Gasteiger partial charge in [0.05, 0.1) is 10.5 Å². The summed E-state index contributed by atoms with van der Waals surface area (Å²) >= 11 is 7.19. The number of halogens is 1. The van der Waals surface area contributed by atoms with Gasteiger partial charge in [0.2, 0.25) is 10.0 Å². The molecule has 2 aromatic rings. The van der Waals surface area contributed by atoms with E-state index in [4.69, 9.17) is 17.3 Å². The van der Waals surface area contributed by atoms with Crippen LogP contribution in [0.2, 0.25) is 4.34 Å². The van der Waals surface area contributed by atoms with Crippen molar-refractivity contribution in [2.24, 2.45) is 0 Å². The van der Waals surface area contributed by atoms with Crippen molar-refractivity contribution in [2.45, 2.75) is 11.4 Å². The monoisotopic (exact) mass is 332 g/mol. The standard InChI is InChI=1S/C11H13ClN4O2S2/c1-2-5-16(7-8-3-4-10(12)19-8)20(17,18)9-6-14-15-11(9)13/h2-4,6H,1,5,7H2,(H3,13,14,15). The van der Waals surface area contributed by atoms with Gasteiger partial charge < -0.3 is 5.73 Å². The zero-order chi connectivity index (χ0) is 14.8. The normalized spacial score (nSPS) is 11.9. The van der Waals surface area contributed by atoms with Gasteiger partial charge >= 0.3 is 0 Å². The lowest BCUT2D eigenvalue weighted by Crippen LogP contribution is -2.30. The number of H-pyrrole nitrogens is 1. The Hall–Kier alpha value is -1.35. The number of hydrogen-bond acceptors (Lipinski definition) is 5. The Kier molecular flexibility index (Phi) is 4.48. The van der Waals surface area contributed by atoms with Gasteiger partial charge in [-0.25, -0.2) is 8.42 Å². The molecule has 3 N–H and O–H groups in total. The van der Waals surface area contributed by atoms with Crippen molar-refractivity contribution in [3.05, 3.63) is 40.2 Å². The number of aromatic nitrogens is 2. The summed E-state index contributed by atoms with van der Waals surface area (Å²) in [5, 5.41) is 6.06. The van der Waals surface area contributed by atoms with Crippen LogP contribution in [0.3, 0.4) is 0 Å². The van der Waals surface area contributed by atoms with E-state index >= 15 is 0 Å². The lowest BCUT2D eigenvalue weighted by molar-refractivity contribution is 0.442. The van der Waals surface area contributed by atoms with Gasteiger partial charge in [0.1, 0.15) is 10.7 Å². The van der Waals surface area contributed by atoms with Gasteiger partial charge in [-0.05, 0) is 12.1 Å². The molecule has 0 saturated heterocycles. The van der Waals surface area contributed by atoms with Crippen LogP contribution >= 0.6 is 22.9 Å². The maximum atomic E-state index is 12.5. The number of aromatic amines is 1. The van der Waals surface area contributed by atoms with Crippen molar-refractivity contribution in [3.63, 3.8) is 0 Å². The first kappa shape index (κ1) is 15.0. The first-order valence-electron chi connectivity index (χ1n) is 5.59. The third-order valence-electron chi connectivity index (χ3n) is 2.54. The van der Waals surface area contributed by atoms with Crippen molar-refractivity contribution in [1.29, 1.82) is 0 Å². The highest BCUT2D eigenvalue weighted by Crippen LogP contribution is 2.26. The molecular weight excluding hydrogens is 320 g/mol. The van der Waals surface area contributed by atoms with Crippen molar-refractivity contribution in [1.82, 2.24) is 14.5 Å². The van der Waals surface area contributed by atoms with Crippen LogP contribution in [0, 0.1) is 0 Å². The van der Waals surface area contributed by atoms with E-state index in [1.165, 1.54) is 27.9 Å². The van der Waals surface area contributed by atoms with Gasteiger partial charge in [0.15, 0.2) is 0 Å². The highest BCUT2D eigenvalue weighted by atomic mass is 35.5. The van der Waals surface area contributed by atoms with Crippen LogP contribution in [0.25, 0.3) is 0 Å². The Balaban J connectivity index is 2.33. The molecule has 2 heterocycles. The summed E-state index contributed by atoms with van der Waals surface area (Å²) in [7, 11) is -3.73. The van der Waals surface area contributed by atoms with Gasteiger partial charge in [-0.15, -0.1) is 17.9 Å². The van der Waals surface area contributed by atoms with Crippen molar-refractivity contribution < 1.29 is 8.42 Å². The van der Waals surface area contributed by atoms with Crippen molar-refractivity contribution in [2.75, 3.05) is 12.3 Å². The fourth-order valence-corrected chi connectivity index (χ4v) is 4.22. The molecule has 0 radical (unpaired) electrons. The number of thiophene rings is 1. The van der Waals surface area contributed by atoms with Gasteiger partial charge in [-0.1, -0.05) is 17.7 Å². The maximum absolute atomic E-state index is 12.5. The minimum absolute atomic E-state index is 0.0169. The predicted octanol–water partition coefficient (Wildman–Crippen LogP) is 2.08. The van der Waals surface area contributed by atoms with Crippen molar-refractivity contribution in [3.8, 4) is 0 Å². The van der Waals surface area contributed by atoms with E-state index in [1.54, 1.807) is 12.1 Å². The number of nitrogens with two attached hydrogens (primary N) is 1. The molecule has 0 fully saturated rings. The highest BCUT2D eigenvalue weighted by Gasteiger charge is 2.27. The SMILES string of the molecule is C=CCN(Cc1ccc(Cl)s1)S(=O)(=O)c1cn[nH]c1N. The predicted molar refractivity (Wildman–Crippen MR) is 80.1 cm³/mol. The Morgan fingerprint density at radius 3 is 2.80 bits per heavy atom. The fourth-order valence-electron chi connectivity index (χ4n) is 1.63. The van der Waals surface area contributed by atoms with E-state index in [-0.39, 0.29) is 23.8 Å². The molecule has 6 nitrogen and oxygen atoms in total. The lowest BCUT2D eigenvalue weighted by Gasteiger charge is -2.19. The smallest absolute Gasteiger partial charge is 0.248 e. The van der Waals surface area contributed by atoms with Crippen LogP contribution in [-0.4, -0.2) is 29.5 Å². The van der Waals surface area contributed by atoms with Gasteiger partial charge in [0, 0.05) is 18.0 Å². The van der Waals surface area contributed by atoms with Crippen LogP contribution in [0.5, 0.6) is 0 Å². The van der Waals surface area contributed by atoms with Crippen LogP contribution in [-0.2, 0) is 16.6 Å². The lowest BCUT2D eigenvalue weighted by atomic mass is 10.4. The van der Waals surface area contributed by atoms with E-state index in [1.807, 2.05) is 0 Å². The molecule has 0 aliphatic rings. The molecule has 20 heavy (non-hydrogen) atoms. The number of sulfonamides is 1. The van der Waals surface area contributed by atoms with Gasteiger partial charge in [-0.2, -0.15) is 9.40 Å². The summed E-state index contributed by atoms with van der Waals surface area (Å²) in [6.45, 7) is 3.95. The minimum atomic E-state index is -3.73. The number of nitrogens with zero attached hydrogens (tertiary/aromatic N) is 2. The Morgan fingerprint density at radius 1 is 1.55 bits per heavy atom. The molecule has 2 aromatic heterocycles. The zero-order valence-corrected chi connectivity index (χ0v) is 12.8. The molecular formula is C11H13ClN4O2S2. The van der Waals surface area contributed by atoms with E-state index in [0.29, 0.717) is 4.34 Å². The largest absolute Gasteiger partial charge is 0.383 e.